The fourth-order valence-corrected chi connectivity index (χ4v) is 12.4. The fraction of sp³-hybridized carbons (Fsp3) is 0.101. The van der Waals surface area contributed by atoms with Crippen molar-refractivity contribution in [3.05, 3.63) is 263 Å². The number of fused-ring (bicyclic) bond motifs is 11. The summed E-state index contributed by atoms with van der Waals surface area (Å²) in [5.41, 5.74) is 23.3. The first-order chi connectivity index (χ1) is 34.2. The number of hydrogen-bond acceptors (Lipinski definition) is 1. The first-order valence-corrected chi connectivity index (χ1v) is 24.7. The molecule has 0 atom stereocenters. The zero-order valence-electron chi connectivity index (χ0n) is 39.8. The molecule has 1 heterocycles. The van der Waals surface area contributed by atoms with Gasteiger partial charge in [0.2, 0.25) is 0 Å². The average Bonchev–Trinajstić information content (AvgIpc) is 3.97. The highest BCUT2D eigenvalue weighted by molar-refractivity contribution is 6.09. The van der Waals surface area contributed by atoms with E-state index in [1.165, 1.54) is 105 Å². The normalized spacial score (nSPS) is 14.1. The van der Waals surface area contributed by atoms with Crippen LogP contribution in [0.25, 0.3) is 99.1 Å². The number of furan rings is 1. The third kappa shape index (κ3) is 6.17. The van der Waals surface area contributed by atoms with Gasteiger partial charge >= 0.3 is 0 Å². The van der Waals surface area contributed by atoms with Crippen molar-refractivity contribution in [1.82, 2.24) is 0 Å². The highest BCUT2D eigenvalue weighted by atomic mass is 16.3. The van der Waals surface area contributed by atoms with E-state index >= 15 is 0 Å². The zero-order chi connectivity index (χ0) is 46.9. The molecule has 0 radical (unpaired) electrons. The predicted molar refractivity (Wildman–Crippen MR) is 294 cm³/mol. The summed E-state index contributed by atoms with van der Waals surface area (Å²) in [6.45, 7) is 9.65. The van der Waals surface area contributed by atoms with E-state index in [-0.39, 0.29) is 16.7 Å². The van der Waals surface area contributed by atoms with E-state index in [4.69, 9.17) is 4.42 Å². The molecule has 0 N–H and O–H groups in total. The molecule has 0 fully saturated rings. The van der Waals surface area contributed by atoms with Crippen LogP contribution in [0.3, 0.4) is 0 Å². The van der Waals surface area contributed by atoms with Gasteiger partial charge in [0, 0.05) is 33.1 Å². The minimum atomic E-state index is -0.207. The number of para-hydroxylation sites is 2. The molecule has 0 bridgehead atoms. The Morgan fingerprint density at radius 3 is 1.33 bits per heavy atom. The van der Waals surface area contributed by atoms with Crippen molar-refractivity contribution in [1.29, 1.82) is 0 Å². The van der Waals surface area contributed by atoms with Crippen LogP contribution in [0.2, 0.25) is 0 Å². The van der Waals surface area contributed by atoms with Gasteiger partial charge in [-0.3, -0.25) is 0 Å². The lowest BCUT2D eigenvalue weighted by Gasteiger charge is -2.27. The molecule has 0 amide bonds. The minimum Gasteiger partial charge on any atom is -0.455 e. The summed E-state index contributed by atoms with van der Waals surface area (Å²) in [4.78, 5) is 0. The molecule has 332 valence electrons. The Morgan fingerprint density at radius 2 is 0.743 bits per heavy atom. The SMILES string of the molecule is CC1(C)c2cc(-c3ccc4ccccc4c3)ccc2-c2ccc(C(c3cccc(-c4cccc5c4oc4ccccc45)c3)c3ccc4c(c3)C(C)(C)c3cc(-c5ccc6ccccc6c5)ccc3-4)cc21. The maximum Gasteiger partial charge on any atom is 0.143 e. The topological polar surface area (TPSA) is 13.1 Å². The second kappa shape index (κ2) is 15.1. The molecule has 0 unspecified atom stereocenters. The van der Waals surface area contributed by atoms with Crippen LogP contribution in [0.15, 0.2) is 229 Å². The van der Waals surface area contributed by atoms with Gasteiger partial charge in [-0.25, -0.2) is 0 Å². The first kappa shape index (κ1) is 40.8. The van der Waals surface area contributed by atoms with Crippen LogP contribution >= 0.6 is 0 Å². The molecule has 11 aromatic carbocycles. The summed E-state index contributed by atoms with van der Waals surface area (Å²) < 4.78 is 6.63. The van der Waals surface area contributed by atoms with Crippen LogP contribution in [0, 0.1) is 0 Å². The molecule has 2 aliphatic carbocycles. The van der Waals surface area contributed by atoms with E-state index in [1.54, 1.807) is 0 Å². The van der Waals surface area contributed by atoms with Crippen molar-refractivity contribution in [2.45, 2.75) is 44.4 Å². The third-order valence-electron chi connectivity index (χ3n) is 16.2. The van der Waals surface area contributed by atoms with E-state index in [1.807, 2.05) is 0 Å². The Labute approximate surface area is 409 Å². The maximum atomic E-state index is 6.63. The Morgan fingerprint density at radius 1 is 0.300 bits per heavy atom. The van der Waals surface area contributed by atoms with Gasteiger partial charge in [-0.15, -0.1) is 0 Å². The van der Waals surface area contributed by atoms with Gasteiger partial charge in [0.1, 0.15) is 11.2 Å². The average molecular weight is 895 g/mol. The molecule has 2 aliphatic rings. The molecule has 1 aromatic heterocycles. The largest absolute Gasteiger partial charge is 0.455 e. The molecule has 1 heteroatoms. The van der Waals surface area contributed by atoms with Crippen LogP contribution in [0.1, 0.15) is 72.6 Å². The summed E-state index contributed by atoms with van der Waals surface area (Å²) in [6.07, 6.45) is 0. The first-order valence-electron chi connectivity index (χ1n) is 24.7. The number of hydrogen-bond donors (Lipinski definition) is 0. The van der Waals surface area contributed by atoms with Crippen molar-refractivity contribution in [3.63, 3.8) is 0 Å². The molecule has 70 heavy (non-hydrogen) atoms. The van der Waals surface area contributed by atoms with Crippen molar-refractivity contribution >= 4 is 43.5 Å². The van der Waals surface area contributed by atoms with Crippen LogP contribution in [0.5, 0.6) is 0 Å². The highest BCUT2D eigenvalue weighted by Gasteiger charge is 2.39. The van der Waals surface area contributed by atoms with Crippen LogP contribution < -0.4 is 0 Å². The molecule has 0 saturated carbocycles. The van der Waals surface area contributed by atoms with Gasteiger partial charge in [-0.2, -0.15) is 0 Å². The van der Waals surface area contributed by atoms with E-state index in [9.17, 15) is 0 Å². The summed E-state index contributed by atoms with van der Waals surface area (Å²) in [7, 11) is 0. The van der Waals surface area contributed by atoms with Crippen molar-refractivity contribution in [2.75, 3.05) is 0 Å². The van der Waals surface area contributed by atoms with E-state index in [0.717, 1.165) is 33.1 Å². The van der Waals surface area contributed by atoms with Crippen LogP contribution in [0.4, 0.5) is 0 Å². The number of benzene rings is 11. The quantitative estimate of drug-likeness (QED) is 0.152. The van der Waals surface area contributed by atoms with Gasteiger partial charge in [-0.1, -0.05) is 222 Å². The van der Waals surface area contributed by atoms with E-state index in [0.29, 0.717) is 0 Å². The minimum absolute atomic E-state index is 0.0363. The molecular weight excluding hydrogens is 845 g/mol. The monoisotopic (exact) mass is 894 g/mol. The summed E-state index contributed by atoms with van der Waals surface area (Å²) in [6, 6.07) is 84.1. The summed E-state index contributed by atoms with van der Waals surface area (Å²) in [5.74, 6) is -0.0363. The van der Waals surface area contributed by atoms with Crippen LogP contribution in [-0.2, 0) is 10.8 Å². The lowest BCUT2D eigenvalue weighted by Crippen LogP contribution is -2.17. The van der Waals surface area contributed by atoms with E-state index < -0.39 is 0 Å². The Hall–Kier alpha value is -8.26. The lowest BCUT2D eigenvalue weighted by atomic mass is 9.76. The predicted octanol–water partition coefficient (Wildman–Crippen LogP) is 18.7. The molecular formula is C69H50O. The Balaban J connectivity index is 0.900. The third-order valence-corrected chi connectivity index (χ3v) is 16.2. The second-order valence-electron chi connectivity index (χ2n) is 20.8. The fourth-order valence-electron chi connectivity index (χ4n) is 12.4. The zero-order valence-corrected chi connectivity index (χ0v) is 39.8. The van der Waals surface area contributed by atoms with Crippen molar-refractivity contribution < 1.29 is 4.42 Å². The lowest BCUT2D eigenvalue weighted by molar-refractivity contribution is 0.657. The molecule has 0 saturated heterocycles. The Kier molecular flexibility index (Phi) is 8.81. The van der Waals surface area contributed by atoms with Crippen molar-refractivity contribution in [3.8, 4) is 55.6 Å². The molecule has 0 aliphatic heterocycles. The van der Waals surface area contributed by atoms with Gasteiger partial charge in [-0.05, 0) is 141 Å². The van der Waals surface area contributed by atoms with Gasteiger partial charge in [0.15, 0.2) is 0 Å². The van der Waals surface area contributed by atoms with Crippen LogP contribution in [-0.4, -0.2) is 0 Å². The molecule has 1 nitrogen and oxygen atoms in total. The Bertz CT molecular complexity index is 3950. The summed E-state index contributed by atoms with van der Waals surface area (Å²) in [5, 5.41) is 7.35. The van der Waals surface area contributed by atoms with Crippen molar-refractivity contribution in [2.24, 2.45) is 0 Å². The summed E-state index contributed by atoms with van der Waals surface area (Å²) >= 11 is 0. The standard InChI is InChI=1S/C69H50O/c1-68(2)61-38-48(46-25-23-42-13-5-7-15-44(42)35-46)27-31-55(61)57-33-29-52(40-63(57)68)66(51-18-11-17-50(37-51)54-20-12-21-60-59-19-9-10-22-65(59)70-67(54)60)53-30-34-58-56-32-28-49(39-62(56)69(3,4)64(58)41-53)47-26-24-43-14-6-8-16-45(43)36-47/h5-41,66H,1-4H3. The highest BCUT2D eigenvalue weighted by Crippen LogP contribution is 2.54. The maximum absolute atomic E-state index is 6.63. The second-order valence-corrected chi connectivity index (χ2v) is 20.8. The molecule has 0 spiro atoms. The number of rotatable bonds is 6. The smallest absolute Gasteiger partial charge is 0.143 e. The van der Waals surface area contributed by atoms with Gasteiger partial charge in [0.25, 0.3) is 0 Å². The van der Waals surface area contributed by atoms with Gasteiger partial charge in [0.05, 0.1) is 0 Å². The molecule has 12 aromatic rings. The van der Waals surface area contributed by atoms with E-state index in [2.05, 4.69) is 252 Å². The molecule has 14 rings (SSSR count). The van der Waals surface area contributed by atoms with Gasteiger partial charge < -0.3 is 4.42 Å².